The first kappa shape index (κ1) is 27.5. The minimum absolute atomic E-state index is 0.0660. The van der Waals surface area contributed by atoms with Gasteiger partial charge in [-0.15, -0.1) is 0 Å². The highest BCUT2D eigenvalue weighted by atomic mass is 35.5. The Balaban J connectivity index is 1.28. The molecule has 7 nitrogen and oxygen atoms in total. The molecule has 40 heavy (non-hydrogen) atoms. The van der Waals surface area contributed by atoms with E-state index >= 15 is 0 Å². The van der Waals surface area contributed by atoms with Gasteiger partial charge >= 0.3 is 0 Å². The number of rotatable bonds is 7. The van der Waals surface area contributed by atoms with E-state index in [9.17, 15) is 14.4 Å². The molecule has 0 unspecified atom stereocenters. The van der Waals surface area contributed by atoms with Crippen LogP contribution in [0.1, 0.15) is 65.2 Å². The zero-order chi connectivity index (χ0) is 28.0. The van der Waals surface area contributed by atoms with E-state index in [1.165, 1.54) is 18.4 Å². The predicted molar refractivity (Wildman–Crippen MR) is 155 cm³/mol. The number of amides is 3. The van der Waals surface area contributed by atoms with Crippen molar-refractivity contribution in [3.8, 4) is 0 Å². The quantitative estimate of drug-likeness (QED) is 0.441. The normalized spacial score (nSPS) is 36.4. The van der Waals surface area contributed by atoms with Crippen molar-refractivity contribution in [3.05, 3.63) is 53.1 Å². The molecule has 5 aliphatic rings. The summed E-state index contributed by atoms with van der Waals surface area (Å²) in [5, 5.41) is 6.86. The highest BCUT2D eigenvalue weighted by molar-refractivity contribution is 6.30. The van der Waals surface area contributed by atoms with Crippen LogP contribution in [-0.4, -0.2) is 53.0 Å². The molecule has 0 aromatic heterocycles. The number of ether oxygens (including phenoxy) is 1. The fourth-order valence-corrected chi connectivity index (χ4v) is 7.84. The van der Waals surface area contributed by atoms with Gasteiger partial charge in [-0.25, -0.2) is 0 Å². The van der Waals surface area contributed by atoms with Gasteiger partial charge in [-0.1, -0.05) is 62.1 Å². The first-order valence-electron chi connectivity index (χ1n) is 15.0. The van der Waals surface area contributed by atoms with Crippen molar-refractivity contribution in [2.45, 2.75) is 89.0 Å². The molecule has 3 amide bonds. The predicted octanol–water partition coefficient (Wildman–Crippen LogP) is 5.26. The first-order valence-corrected chi connectivity index (χ1v) is 15.4. The number of fused-ring (bicyclic) bond motifs is 1. The SMILES string of the molecule is C[C@@H]1[C@H](C)CCC[C@@H]1NC(=O)[C@@H]1N(CCC2=CCCCC2)C(=O)[C@@H]2[C@H](C(=O)Nc3ccc(Cl)cc3)[C@@H]3C=C[C@]21O3. The van der Waals surface area contributed by atoms with Crippen molar-refractivity contribution in [1.29, 1.82) is 0 Å². The lowest BCUT2D eigenvalue weighted by Gasteiger charge is -2.38. The van der Waals surface area contributed by atoms with Gasteiger partial charge in [0.1, 0.15) is 11.6 Å². The summed E-state index contributed by atoms with van der Waals surface area (Å²) >= 11 is 6.02. The third kappa shape index (κ3) is 4.79. The van der Waals surface area contributed by atoms with E-state index in [1.807, 2.05) is 12.2 Å². The van der Waals surface area contributed by atoms with Gasteiger partial charge < -0.3 is 20.3 Å². The fraction of sp³-hybridized carbons (Fsp3) is 0.594. The Bertz CT molecular complexity index is 1230. The lowest BCUT2D eigenvalue weighted by Crippen LogP contribution is -2.58. The number of anilines is 1. The monoisotopic (exact) mass is 565 g/mol. The van der Waals surface area contributed by atoms with Crippen molar-refractivity contribution in [1.82, 2.24) is 10.2 Å². The topological polar surface area (TPSA) is 87.7 Å². The van der Waals surface area contributed by atoms with Crippen molar-refractivity contribution in [2.24, 2.45) is 23.7 Å². The van der Waals surface area contributed by atoms with Gasteiger partial charge in [0.15, 0.2) is 0 Å². The van der Waals surface area contributed by atoms with E-state index in [-0.39, 0.29) is 23.8 Å². The number of nitrogens with zero attached hydrogens (tertiary/aromatic N) is 1. The van der Waals surface area contributed by atoms with Gasteiger partial charge in [0, 0.05) is 23.3 Å². The molecule has 2 N–H and O–H groups in total. The summed E-state index contributed by atoms with van der Waals surface area (Å²) in [6.07, 6.45) is 13.9. The van der Waals surface area contributed by atoms with Crippen LogP contribution in [0, 0.1) is 23.7 Å². The molecular formula is C32H40ClN3O4. The van der Waals surface area contributed by atoms with Crippen molar-refractivity contribution >= 4 is 35.0 Å². The summed E-state index contributed by atoms with van der Waals surface area (Å²) < 4.78 is 6.51. The molecule has 3 aliphatic heterocycles. The third-order valence-electron chi connectivity index (χ3n) is 10.1. The highest BCUT2D eigenvalue weighted by Gasteiger charge is 2.72. The van der Waals surface area contributed by atoms with E-state index in [0.717, 1.165) is 38.5 Å². The summed E-state index contributed by atoms with van der Waals surface area (Å²) in [4.78, 5) is 43.7. The third-order valence-corrected chi connectivity index (χ3v) is 10.4. The number of hydrogen-bond donors (Lipinski definition) is 2. The Kier molecular flexibility index (Phi) is 7.55. The fourth-order valence-electron chi connectivity index (χ4n) is 7.71. The van der Waals surface area contributed by atoms with Crippen LogP contribution in [-0.2, 0) is 19.1 Å². The van der Waals surface area contributed by atoms with E-state index < -0.39 is 29.6 Å². The van der Waals surface area contributed by atoms with E-state index in [0.29, 0.717) is 29.1 Å². The molecule has 1 aromatic rings. The number of halogens is 1. The van der Waals surface area contributed by atoms with Gasteiger partial charge in [-0.2, -0.15) is 0 Å². The van der Waals surface area contributed by atoms with E-state index in [2.05, 4.69) is 30.6 Å². The summed E-state index contributed by atoms with van der Waals surface area (Å²) in [6, 6.07) is 6.17. The highest BCUT2D eigenvalue weighted by Crippen LogP contribution is 2.55. The maximum Gasteiger partial charge on any atom is 0.246 e. The Morgan fingerprint density at radius 2 is 1.90 bits per heavy atom. The van der Waals surface area contributed by atoms with E-state index in [1.54, 1.807) is 29.2 Å². The number of allylic oxidation sites excluding steroid dienone is 1. The van der Waals surface area contributed by atoms with Crippen LogP contribution in [0.15, 0.2) is 48.1 Å². The number of hydrogen-bond acceptors (Lipinski definition) is 4. The molecule has 2 bridgehead atoms. The Labute approximate surface area is 241 Å². The molecule has 6 rings (SSSR count). The van der Waals surface area contributed by atoms with Gasteiger partial charge in [0.25, 0.3) is 0 Å². The minimum atomic E-state index is -1.14. The van der Waals surface area contributed by atoms with Crippen LogP contribution >= 0.6 is 11.6 Å². The van der Waals surface area contributed by atoms with Crippen molar-refractivity contribution in [3.63, 3.8) is 0 Å². The maximum absolute atomic E-state index is 14.2. The van der Waals surface area contributed by atoms with Crippen LogP contribution in [0.2, 0.25) is 5.02 Å². The molecule has 214 valence electrons. The number of likely N-dealkylation sites (tertiary alicyclic amines) is 1. The summed E-state index contributed by atoms with van der Waals surface area (Å²) in [6.45, 7) is 4.90. The zero-order valence-corrected chi connectivity index (χ0v) is 24.2. The Hall–Kier alpha value is -2.64. The molecule has 1 saturated carbocycles. The van der Waals surface area contributed by atoms with E-state index in [4.69, 9.17) is 16.3 Å². The summed E-state index contributed by atoms with van der Waals surface area (Å²) in [5.41, 5.74) is 0.815. The number of carbonyl (C=O) groups excluding carboxylic acids is 3. The van der Waals surface area contributed by atoms with Crippen LogP contribution < -0.4 is 10.6 Å². The number of benzene rings is 1. The molecule has 2 saturated heterocycles. The second-order valence-corrected chi connectivity index (χ2v) is 12.9. The molecule has 0 radical (unpaired) electrons. The zero-order valence-electron chi connectivity index (χ0n) is 23.4. The lowest BCUT2D eigenvalue weighted by atomic mass is 9.73. The average molecular weight is 566 g/mol. The van der Waals surface area contributed by atoms with Crippen LogP contribution in [0.5, 0.6) is 0 Å². The first-order chi connectivity index (χ1) is 19.3. The molecule has 8 heteroatoms. The Morgan fingerprint density at radius 1 is 1.10 bits per heavy atom. The summed E-state index contributed by atoms with van der Waals surface area (Å²) in [7, 11) is 0. The molecule has 2 aliphatic carbocycles. The summed E-state index contributed by atoms with van der Waals surface area (Å²) in [5.74, 6) is -1.16. The smallest absolute Gasteiger partial charge is 0.246 e. The second-order valence-electron chi connectivity index (χ2n) is 12.5. The average Bonchev–Trinajstić information content (AvgIpc) is 3.59. The van der Waals surface area contributed by atoms with Crippen LogP contribution in [0.25, 0.3) is 0 Å². The van der Waals surface area contributed by atoms with Gasteiger partial charge in [0.05, 0.1) is 17.9 Å². The van der Waals surface area contributed by atoms with Crippen LogP contribution in [0.3, 0.4) is 0 Å². The Morgan fingerprint density at radius 3 is 2.65 bits per heavy atom. The molecule has 1 aromatic carbocycles. The van der Waals surface area contributed by atoms with Crippen molar-refractivity contribution in [2.75, 3.05) is 11.9 Å². The number of carbonyl (C=O) groups is 3. The van der Waals surface area contributed by atoms with Gasteiger partial charge in [-0.3, -0.25) is 14.4 Å². The van der Waals surface area contributed by atoms with Crippen molar-refractivity contribution < 1.29 is 19.1 Å². The molecule has 1 spiro atoms. The largest absolute Gasteiger partial charge is 0.359 e. The lowest BCUT2D eigenvalue weighted by molar-refractivity contribution is -0.141. The number of nitrogens with one attached hydrogen (secondary N) is 2. The van der Waals surface area contributed by atoms with Gasteiger partial charge in [-0.05, 0) is 74.6 Å². The molecule has 8 atom stereocenters. The van der Waals surface area contributed by atoms with Gasteiger partial charge in [0.2, 0.25) is 17.7 Å². The maximum atomic E-state index is 14.2. The second kappa shape index (κ2) is 11.0. The molecular weight excluding hydrogens is 526 g/mol. The minimum Gasteiger partial charge on any atom is -0.359 e. The van der Waals surface area contributed by atoms with Crippen LogP contribution in [0.4, 0.5) is 5.69 Å². The standard InChI is InChI=1S/C32H40ClN3O4/c1-19-7-6-10-24(20(19)2)35-30(38)28-32-17-15-25(40-32)26(29(37)34-23-13-11-22(33)12-14-23)27(32)31(39)36(28)18-16-21-8-4-3-5-9-21/h8,11-15,17,19-20,24-28H,3-7,9-10,16,18H2,1-2H3,(H,34,37)(H,35,38)/t19-,20-,24+,25+,26-,27+,28+,32+/m1/s1. The molecule has 3 fully saturated rings. The molecule has 3 heterocycles.